The number of hydrogen-bond donors (Lipinski definition) is 3. The Labute approximate surface area is 349 Å². The molecule has 6 N–H and O–H groups in total. The first-order chi connectivity index (χ1) is 28.0. The molecule has 0 aromatic heterocycles. The number of ether oxygens (including phenoxy) is 3. The molecule has 8 nitrogen and oxygen atoms in total. The van der Waals surface area contributed by atoms with E-state index < -0.39 is 17.4 Å². The molecule has 1 fully saturated rings. The summed E-state index contributed by atoms with van der Waals surface area (Å²) >= 11 is 0. The Kier molecular flexibility index (Phi) is 18.7. The Balaban J connectivity index is 1.63. The first kappa shape index (κ1) is 46.4. The maximum Gasteiger partial charge on any atom is 0.333 e. The summed E-state index contributed by atoms with van der Waals surface area (Å²) in [6.07, 6.45) is 14.3. The molecule has 8 heteroatoms. The van der Waals surface area contributed by atoms with E-state index in [9.17, 15) is 9.59 Å². The molecule has 0 aliphatic heterocycles. The van der Waals surface area contributed by atoms with E-state index in [1.165, 1.54) is 79.2 Å². The van der Waals surface area contributed by atoms with Gasteiger partial charge < -0.3 is 31.4 Å². The second-order valence-corrected chi connectivity index (χ2v) is 16.6. The van der Waals surface area contributed by atoms with E-state index in [0.717, 1.165) is 41.2 Å². The van der Waals surface area contributed by atoms with E-state index in [1.807, 2.05) is 0 Å². The average molecular weight is 794 g/mol. The Hall–Kier alpha value is -4.24. The molecule has 3 aromatic rings. The number of carbonyl (C=O) groups excluding carboxylic acids is 2. The zero-order valence-corrected chi connectivity index (χ0v) is 36.0. The van der Waals surface area contributed by atoms with Crippen LogP contribution in [0.3, 0.4) is 0 Å². The molecule has 1 saturated carbocycles. The first-order valence-electron chi connectivity index (χ1n) is 21.8. The zero-order chi connectivity index (χ0) is 42.1. The van der Waals surface area contributed by atoms with Crippen LogP contribution in [-0.2, 0) is 38.3 Å². The summed E-state index contributed by atoms with van der Waals surface area (Å²) in [4.78, 5) is 24.5. The number of unbranched alkanes of at least 4 members (excludes halogenated alkanes) is 2. The van der Waals surface area contributed by atoms with Crippen molar-refractivity contribution >= 4 is 11.9 Å². The summed E-state index contributed by atoms with van der Waals surface area (Å²) in [5.74, 6) is 1.41. The van der Waals surface area contributed by atoms with Gasteiger partial charge in [-0.3, -0.25) is 0 Å². The molecule has 0 atom stereocenters. The van der Waals surface area contributed by atoms with E-state index in [-0.39, 0.29) is 32.9 Å². The van der Waals surface area contributed by atoms with Crippen molar-refractivity contribution < 1.29 is 23.8 Å². The van der Waals surface area contributed by atoms with Crippen molar-refractivity contribution in [1.82, 2.24) is 0 Å². The van der Waals surface area contributed by atoms with E-state index in [0.29, 0.717) is 42.9 Å². The molecule has 4 rings (SSSR count). The predicted molar refractivity (Wildman–Crippen MR) is 239 cm³/mol. The minimum Gasteiger partial charge on any atom is -0.492 e. The van der Waals surface area contributed by atoms with Crippen molar-refractivity contribution in [1.29, 1.82) is 0 Å². The Morgan fingerprint density at radius 3 is 1.90 bits per heavy atom. The Morgan fingerprint density at radius 2 is 1.31 bits per heavy atom. The summed E-state index contributed by atoms with van der Waals surface area (Å²) in [5, 5.41) is 0. The van der Waals surface area contributed by atoms with Crippen molar-refractivity contribution in [2.24, 2.45) is 28.5 Å². The highest BCUT2D eigenvalue weighted by Crippen LogP contribution is 2.40. The Morgan fingerprint density at radius 1 is 0.707 bits per heavy atom. The van der Waals surface area contributed by atoms with Gasteiger partial charge in [-0.15, -0.1) is 0 Å². The standard InChI is InChI=1S/C50H71N3O5/c1-7-9-10-13-37-16-18-39(19-17-37)40-20-22-41(23-21-40)42-24-25-46(38(8-2)28-42)45-29-43(14-11-26-51)47(44(30-45)15-12-27-56-48(54)35(3)4)57-33-50(31-52,32-53)34-58-49(55)36(5)6/h20-25,28-30,37,39H,3,5,7-19,26-27,31-34,51-53H2,1-2,4,6H3. The molecule has 316 valence electrons. The topological polar surface area (TPSA) is 140 Å². The third kappa shape index (κ3) is 13.1. The normalized spacial score (nSPS) is 15.5. The maximum absolute atomic E-state index is 12.3. The first-order valence-corrected chi connectivity index (χ1v) is 21.8. The molecular formula is C50H71N3O5. The lowest BCUT2D eigenvalue weighted by molar-refractivity contribution is -0.143. The second kappa shape index (κ2) is 23.4. The molecule has 0 unspecified atom stereocenters. The molecule has 0 heterocycles. The van der Waals surface area contributed by atoms with E-state index in [4.69, 9.17) is 31.4 Å². The van der Waals surface area contributed by atoms with E-state index >= 15 is 0 Å². The highest BCUT2D eigenvalue weighted by Gasteiger charge is 2.32. The van der Waals surface area contributed by atoms with Crippen molar-refractivity contribution in [3.63, 3.8) is 0 Å². The van der Waals surface area contributed by atoms with Crippen LogP contribution in [0.5, 0.6) is 5.75 Å². The van der Waals surface area contributed by atoms with Crippen LogP contribution in [0.1, 0.15) is 120 Å². The van der Waals surface area contributed by atoms with Crippen LogP contribution in [0.25, 0.3) is 22.3 Å². The van der Waals surface area contributed by atoms with Gasteiger partial charge in [0.1, 0.15) is 12.4 Å². The van der Waals surface area contributed by atoms with Crippen LogP contribution >= 0.6 is 0 Å². The summed E-state index contributed by atoms with van der Waals surface area (Å²) < 4.78 is 17.7. The molecule has 0 bridgehead atoms. The van der Waals surface area contributed by atoms with Crippen LogP contribution in [0.4, 0.5) is 0 Å². The molecule has 0 radical (unpaired) electrons. The van der Waals surface area contributed by atoms with Gasteiger partial charge in [0.15, 0.2) is 0 Å². The van der Waals surface area contributed by atoms with Crippen LogP contribution in [-0.4, -0.2) is 51.4 Å². The largest absolute Gasteiger partial charge is 0.492 e. The van der Waals surface area contributed by atoms with Gasteiger partial charge >= 0.3 is 11.9 Å². The highest BCUT2D eigenvalue weighted by atomic mass is 16.5. The van der Waals surface area contributed by atoms with Crippen LogP contribution in [0.2, 0.25) is 0 Å². The number of carbonyl (C=O) groups is 2. The van der Waals surface area contributed by atoms with Crippen molar-refractivity contribution in [3.8, 4) is 28.0 Å². The average Bonchev–Trinajstić information content (AvgIpc) is 3.24. The van der Waals surface area contributed by atoms with Gasteiger partial charge in [0.2, 0.25) is 0 Å². The second-order valence-electron chi connectivity index (χ2n) is 16.6. The molecule has 58 heavy (non-hydrogen) atoms. The van der Waals surface area contributed by atoms with Gasteiger partial charge in [-0.05, 0) is 147 Å². The van der Waals surface area contributed by atoms with Crippen molar-refractivity contribution in [2.75, 3.05) is 39.5 Å². The van der Waals surface area contributed by atoms with Crippen molar-refractivity contribution in [3.05, 3.63) is 101 Å². The van der Waals surface area contributed by atoms with Gasteiger partial charge in [-0.1, -0.05) is 95.2 Å². The van der Waals surface area contributed by atoms with Gasteiger partial charge in [-0.25, -0.2) is 9.59 Å². The van der Waals surface area contributed by atoms with E-state index in [2.05, 4.69) is 81.6 Å². The minimum absolute atomic E-state index is 0.00320. The predicted octanol–water partition coefficient (Wildman–Crippen LogP) is 9.78. The molecule has 1 aliphatic rings. The molecule has 0 spiro atoms. The van der Waals surface area contributed by atoms with Crippen molar-refractivity contribution in [2.45, 2.75) is 117 Å². The summed E-state index contributed by atoms with van der Waals surface area (Å²) in [6.45, 7) is 16.4. The number of nitrogens with two attached hydrogens (primary N) is 3. The smallest absolute Gasteiger partial charge is 0.333 e. The molecule has 1 aliphatic carbocycles. The van der Waals surface area contributed by atoms with Gasteiger partial charge in [0, 0.05) is 24.2 Å². The fraction of sp³-hybridized carbons (Fsp3) is 0.520. The summed E-state index contributed by atoms with van der Waals surface area (Å²) in [6, 6.07) is 20.5. The van der Waals surface area contributed by atoms with Gasteiger partial charge in [0.05, 0.1) is 18.6 Å². The number of esters is 2. The van der Waals surface area contributed by atoms with Crippen LogP contribution in [0, 0.1) is 11.3 Å². The third-order valence-electron chi connectivity index (χ3n) is 11.9. The number of benzene rings is 3. The molecule has 3 aromatic carbocycles. The lowest BCUT2D eigenvalue weighted by Gasteiger charge is -2.31. The maximum atomic E-state index is 12.3. The van der Waals surface area contributed by atoms with Gasteiger partial charge in [0.25, 0.3) is 0 Å². The van der Waals surface area contributed by atoms with Crippen LogP contribution in [0.15, 0.2) is 78.9 Å². The molecule has 0 saturated heterocycles. The number of rotatable bonds is 24. The monoisotopic (exact) mass is 794 g/mol. The SMILES string of the molecule is C=C(C)C(=O)OCCCc1cc(-c2ccc(-c3ccc(C4CCC(CCCCC)CC4)cc3)cc2CC)cc(CCCN)c1OCC(CN)(CN)COC(=O)C(=C)C. The van der Waals surface area contributed by atoms with Crippen LogP contribution < -0.4 is 21.9 Å². The minimum atomic E-state index is -0.806. The number of hydrogen-bond acceptors (Lipinski definition) is 8. The third-order valence-corrected chi connectivity index (χ3v) is 11.9. The van der Waals surface area contributed by atoms with Gasteiger partial charge in [-0.2, -0.15) is 0 Å². The zero-order valence-electron chi connectivity index (χ0n) is 36.0. The number of aryl methyl sites for hydroxylation is 3. The quantitative estimate of drug-likeness (QED) is 0.0463. The Bertz CT molecular complexity index is 1800. The molecular weight excluding hydrogens is 723 g/mol. The highest BCUT2D eigenvalue weighted by molar-refractivity contribution is 5.87. The summed E-state index contributed by atoms with van der Waals surface area (Å²) in [7, 11) is 0. The fourth-order valence-electron chi connectivity index (χ4n) is 8.00. The lowest BCUT2D eigenvalue weighted by atomic mass is 9.77. The molecule has 0 amide bonds. The summed E-state index contributed by atoms with van der Waals surface area (Å²) in [5.41, 5.74) is 27.9. The van der Waals surface area contributed by atoms with E-state index in [1.54, 1.807) is 13.8 Å². The lowest BCUT2D eigenvalue weighted by Crippen LogP contribution is -2.47. The fourth-order valence-corrected chi connectivity index (χ4v) is 8.00.